The number of aromatic nitrogens is 1. The molecule has 0 aliphatic carbocycles. The SMILES string of the molecule is CNc1cc(NCc2cccc(C)n2)cc([N+](=O)[O-])c1. The lowest BCUT2D eigenvalue weighted by atomic mass is 10.2. The Morgan fingerprint density at radius 2 is 2.00 bits per heavy atom. The van der Waals surface area contributed by atoms with E-state index in [-0.39, 0.29) is 5.69 Å². The third kappa shape index (κ3) is 3.44. The monoisotopic (exact) mass is 272 g/mol. The van der Waals surface area contributed by atoms with Gasteiger partial charge >= 0.3 is 0 Å². The van der Waals surface area contributed by atoms with Crippen LogP contribution in [0, 0.1) is 17.0 Å². The molecule has 1 heterocycles. The van der Waals surface area contributed by atoms with Crippen LogP contribution in [-0.4, -0.2) is 17.0 Å². The molecule has 1 aromatic heterocycles. The lowest BCUT2D eigenvalue weighted by Gasteiger charge is -2.08. The molecular formula is C14H16N4O2. The standard InChI is InChI=1S/C14H16N4O2/c1-10-4-3-5-11(17-10)9-16-13-6-12(15-2)7-14(8-13)18(19)20/h3-8,15-16H,9H2,1-2H3. The summed E-state index contributed by atoms with van der Waals surface area (Å²) in [6.07, 6.45) is 0. The predicted octanol–water partition coefficient (Wildman–Crippen LogP) is 2.95. The number of nitro groups is 1. The van der Waals surface area contributed by atoms with Crippen molar-refractivity contribution >= 4 is 17.1 Å². The Hall–Kier alpha value is -2.63. The minimum atomic E-state index is -0.406. The molecule has 104 valence electrons. The first-order valence-electron chi connectivity index (χ1n) is 6.22. The van der Waals surface area contributed by atoms with Crippen molar-refractivity contribution in [3.63, 3.8) is 0 Å². The number of nitrogens with one attached hydrogen (secondary N) is 2. The molecule has 0 aliphatic heterocycles. The molecule has 2 aromatic rings. The van der Waals surface area contributed by atoms with E-state index in [2.05, 4.69) is 15.6 Å². The molecule has 0 atom stereocenters. The molecule has 6 heteroatoms. The van der Waals surface area contributed by atoms with Crippen molar-refractivity contribution in [3.8, 4) is 0 Å². The Kier molecular flexibility index (Phi) is 4.14. The fraction of sp³-hybridized carbons (Fsp3) is 0.214. The molecular weight excluding hydrogens is 256 g/mol. The van der Waals surface area contributed by atoms with Gasteiger partial charge in [0.05, 0.1) is 17.2 Å². The summed E-state index contributed by atoms with van der Waals surface area (Å²) in [5.41, 5.74) is 3.27. The first-order chi connectivity index (χ1) is 9.58. The molecule has 0 unspecified atom stereocenters. The number of rotatable bonds is 5. The zero-order chi connectivity index (χ0) is 14.5. The summed E-state index contributed by atoms with van der Waals surface area (Å²) in [7, 11) is 1.73. The highest BCUT2D eigenvalue weighted by atomic mass is 16.6. The summed E-state index contributed by atoms with van der Waals surface area (Å²) in [4.78, 5) is 14.8. The maximum atomic E-state index is 10.9. The van der Waals surface area contributed by atoms with Gasteiger partial charge in [-0.2, -0.15) is 0 Å². The van der Waals surface area contributed by atoms with E-state index in [0.29, 0.717) is 17.9 Å². The minimum absolute atomic E-state index is 0.0524. The molecule has 0 aliphatic rings. The van der Waals surface area contributed by atoms with Crippen LogP contribution in [0.4, 0.5) is 17.1 Å². The van der Waals surface area contributed by atoms with Gasteiger partial charge in [0.15, 0.2) is 0 Å². The van der Waals surface area contributed by atoms with E-state index in [9.17, 15) is 10.1 Å². The molecule has 6 nitrogen and oxygen atoms in total. The third-order valence-corrected chi connectivity index (χ3v) is 2.84. The molecule has 0 saturated heterocycles. The Bertz CT molecular complexity index is 628. The number of pyridine rings is 1. The summed E-state index contributed by atoms with van der Waals surface area (Å²) < 4.78 is 0. The average Bonchev–Trinajstić information content (AvgIpc) is 2.45. The summed E-state index contributed by atoms with van der Waals surface area (Å²) >= 11 is 0. The number of aryl methyl sites for hydroxylation is 1. The van der Waals surface area contributed by atoms with Crippen LogP contribution in [0.3, 0.4) is 0 Å². The molecule has 20 heavy (non-hydrogen) atoms. The molecule has 0 saturated carbocycles. The number of non-ortho nitro benzene ring substituents is 1. The van der Waals surface area contributed by atoms with Crippen LogP contribution in [0.25, 0.3) is 0 Å². The first kappa shape index (κ1) is 13.8. The number of hydrogen-bond donors (Lipinski definition) is 2. The van der Waals surface area contributed by atoms with Gasteiger partial charge in [-0.05, 0) is 25.1 Å². The molecule has 0 radical (unpaired) electrons. The van der Waals surface area contributed by atoms with Crippen molar-refractivity contribution in [3.05, 3.63) is 57.9 Å². The van der Waals surface area contributed by atoms with Crippen molar-refractivity contribution in [2.75, 3.05) is 17.7 Å². The maximum Gasteiger partial charge on any atom is 0.273 e. The molecule has 2 N–H and O–H groups in total. The number of benzene rings is 1. The second kappa shape index (κ2) is 6.01. The zero-order valence-electron chi connectivity index (χ0n) is 11.4. The van der Waals surface area contributed by atoms with Crippen molar-refractivity contribution in [2.24, 2.45) is 0 Å². The van der Waals surface area contributed by atoms with Crippen LogP contribution in [0.5, 0.6) is 0 Å². The van der Waals surface area contributed by atoms with Gasteiger partial charge in [-0.1, -0.05) is 6.07 Å². The van der Waals surface area contributed by atoms with Gasteiger partial charge in [-0.3, -0.25) is 15.1 Å². The number of nitro benzene ring substituents is 1. The molecule has 0 spiro atoms. The largest absolute Gasteiger partial charge is 0.388 e. The van der Waals surface area contributed by atoms with Crippen molar-refractivity contribution in [1.82, 2.24) is 4.98 Å². The number of anilines is 2. The summed E-state index contributed by atoms with van der Waals surface area (Å²) in [5, 5.41) is 16.9. The van der Waals surface area contributed by atoms with Crippen molar-refractivity contribution in [2.45, 2.75) is 13.5 Å². The van der Waals surface area contributed by atoms with Crippen molar-refractivity contribution < 1.29 is 4.92 Å². The van der Waals surface area contributed by atoms with Crippen LogP contribution in [0.15, 0.2) is 36.4 Å². The van der Waals surface area contributed by atoms with E-state index < -0.39 is 4.92 Å². The van der Waals surface area contributed by atoms with Crippen LogP contribution in [0.2, 0.25) is 0 Å². The van der Waals surface area contributed by atoms with Gasteiger partial charge in [0, 0.05) is 36.2 Å². The zero-order valence-corrected chi connectivity index (χ0v) is 11.4. The highest BCUT2D eigenvalue weighted by Crippen LogP contribution is 2.24. The van der Waals surface area contributed by atoms with Crippen LogP contribution in [-0.2, 0) is 6.54 Å². The maximum absolute atomic E-state index is 10.9. The summed E-state index contributed by atoms with van der Waals surface area (Å²) in [5.74, 6) is 0. The van der Waals surface area contributed by atoms with Crippen LogP contribution in [0.1, 0.15) is 11.4 Å². The number of hydrogen-bond acceptors (Lipinski definition) is 5. The summed E-state index contributed by atoms with van der Waals surface area (Å²) in [6.45, 7) is 2.45. The molecule has 0 fully saturated rings. The van der Waals surface area contributed by atoms with E-state index in [1.54, 1.807) is 7.05 Å². The topological polar surface area (TPSA) is 80.1 Å². The fourth-order valence-electron chi connectivity index (χ4n) is 1.85. The lowest BCUT2D eigenvalue weighted by Crippen LogP contribution is -2.03. The van der Waals surface area contributed by atoms with Crippen molar-refractivity contribution in [1.29, 1.82) is 0 Å². The van der Waals surface area contributed by atoms with Gasteiger partial charge in [0.1, 0.15) is 0 Å². The van der Waals surface area contributed by atoms with E-state index in [4.69, 9.17) is 0 Å². The lowest BCUT2D eigenvalue weighted by molar-refractivity contribution is -0.384. The molecule has 0 amide bonds. The normalized spacial score (nSPS) is 10.1. The third-order valence-electron chi connectivity index (χ3n) is 2.84. The van der Waals surface area contributed by atoms with Gasteiger partial charge < -0.3 is 10.6 Å². The van der Waals surface area contributed by atoms with E-state index in [0.717, 1.165) is 11.4 Å². The highest BCUT2D eigenvalue weighted by molar-refractivity contribution is 5.63. The minimum Gasteiger partial charge on any atom is -0.388 e. The fourth-order valence-corrected chi connectivity index (χ4v) is 1.85. The second-order valence-electron chi connectivity index (χ2n) is 4.40. The average molecular weight is 272 g/mol. The van der Waals surface area contributed by atoms with E-state index >= 15 is 0 Å². The van der Waals surface area contributed by atoms with Crippen LogP contribution >= 0.6 is 0 Å². The molecule has 1 aromatic carbocycles. The van der Waals surface area contributed by atoms with Gasteiger partial charge in [-0.25, -0.2) is 0 Å². The number of nitrogens with zero attached hydrogens (tertiary/aromatic N) is 2. The van der Waals surface area contributed by atoms with Gasteiger partial charge in [-0.15, -0.1) is 0 Å². The Morgan fingerprint density at radius 1 is 1.25 bits per heavy atom. The molecule has 2 rings (SSSR count). The van der Waals surface area contributed by atoms with E-state index in [1.165, 1.54) is 12.1 Å². The second-order valence-corrected chi connectivity index (χ2v) is 4.40. The van der Waals surface area contributed by atoms with E-state index in [1.807, 2.05) is 31.2 Å². The molecule has 0 bridgehead atoms. The highest BCUT2D eigenvalue weighted by Gasteiger charge is 2.09. The van der Waals surface area contributed by atoms with Gasteiger partial charge in [0.25, 0.3) is 5.69 Å². The Balaban J connectivity index is 2.16. The Labute approximate surface area is 117 Å². The summed E-state index contributed by atoms with van der Waals surface area (Å²) in [6, 6.07) is 10.6. The predicted molar refractivity (Wildman–Crippen MR) is 78.9 cm³/mol. The van der Waals surface area contributed by atoms with Crippen LogP contribution < -0.4 is 10.6 Å². The first-order valence-corrected chi connectivity index (χ1v) is 6.22. The Morgan fingerprint density at radius 3 is 2.65 bits per heavy atom. The quantitative estimate of drug-likeness (QED) is 0.646. The smallest absolute Gasteiger partial charge is 0.273 e. The van der Waals surface area contributed by atoms with Gasteiger partial charge in [0.2, 0.25) is 0 Å².